The van der Waals surface area contributed by atoms with Gasteiger partial charge in [-0.25, -0.2) is 4.57 Å². The summed E-state index contributed by atoms with van der Waals surface area (Å²) in [4.78, 5) is 36.0. The molecule has 0 aliphatic rings. The summed E-state index contributed by atoms with van der Waals surface area (Å²) in [5.41, 5.74) is 0. The summed E-state index contributed by atoms with van der Waals surface area (Å²) < 4.78 is 34.9. The number of rotatable bonds is 77. The fourth-order valence-electron chi connectivity index (χ4n) is 11.9. The Kier molecular flexibility index (Phi) is 76.2. The fourth-order valence-corrected chi connectivity index (χ4v) is 12.6. The van der Waals surface area contributed by atoms with Crippen molar-refractivity contribution < 1.29 is 42.1 Å². The molecule has 0 saturated heterocycles. The monoisotopic (exact) mass is 1410 g/mol. The number of hydrogen-bond donors (Lipinski definition) is 1. The number of carbonyl (C=O) groups is 2. The molecule has 0 spiro atoms. The van der Waals surface area contributed by atoms with Gasteiger partial charge in [0, 0.05) is 12.8 Å². The number of esters is 2. The van der Waals surface area contributed by atoms with Gasteiger partial charge < -0.3 is 18.9 Å². The predicted molar refractivity (Wildman–Crippen MR) is 436 cm³/mol. The van der Waals surface area contributed by atoms with E-state index in [1.54, 1.807) is 0 Å². The van der Waals surface area contributed by atoms with Crippen LogP contribution in [0.1, 0.15) is 373 Å². The molecule has 0 saturated carbocycles. The predicted octanol–water partition coefficient (Wildman–Crippen LogP) is 28.3. The van der Waals surface area contributed by atoms with Crippen molar-refractivity contribution in [1.29, 1.82) is 0 Å². The zero-order valence-electron chi connectivity index (χ0n) is 65.9. The van der Waals surface area contributed by atoms with Crippen LogP contribution in [-0.2, 0) is 32.7 Å². The molecule has 0 aromatic carbocycles. The molecular formula is C90H159NO8P+. The Morgan fingerprint density at radius 2 is 0.540 bits per heavy atom. The van der Waals surface area contributed by atoms with E-state index in [1.807, 2.05) is 21.1 Å². The van der Waals surface area contributed by atoms with Gasteiger partial charge in [0.05, 0.1) is 27.7 Å². The van der Waals surface area contributed by atoms with E-state index in [2.05, 4.69) is 148 Å². The molecule has 0 heterocycles. The molecule has 0 fully saturated rings. The lowest BCUT2D eigenvalue weighted by Gasteiger charge is -2.24. The van der Waals surface area contributed by atoms with Crippen LogP contribution in [0.15, 0.2) is 134 Å². The van der Waals surface area contributed by atoms with Gasteiger partial charge in [-0.2, -0.15) is 0 Å². The molecule has 0 aliphatic heterocycles. The first-order chi connectivity index (χ1) is 49.0. The van der Waals surface area contributed by atoms with E-state index >= 15 is 0 Å². The molecule has 0 bridgehead atoms. The molecule has 0 aromatic rings. The van der Waals surface area contributed by atoms with Crippen molar-refractivity contribution in [3.63, 3.8) is 0 Å². The van der Waals surface area contributed by atoms with Gasteiger partial charge in [0.15, 0.2) is 6.10 Å². The second-order valence-electron chi connectivity index (χ2n) is 29.1. The highest BCUT2D eigenvalue weighted by molar-refractivity contribution is 7.47. The summed E-state index contributed by atoms with van der Waals surface area (Å²) in [5.74, 6) is -0.787. The third-order valence-corrected chi connectivity index (χ3v) is 19.2. The minimum absolute atomic E-state index is 0.0291. The molecule has 2 atom stereocenters. The molecule has 0 aromatic heterocycles. The van der Waals surface area contributed by atoms with Gasteiger partial charge in [0.25, 0.3) is 0 Å². The lowest BCUT2D eigenvalue weighted by molar-refractivity contribution is -0.870. The van der Waals surface area contributed by atoms with E-state index < -0.39 is 26.5 Å². The fraction of sp³-hybridized carbons (Fsp3) is 0.733. The summed E-state index contributed by atoms with van der Waals surface area (Å²) >= 11 is 0. The third kappa shape index (κ3) is 83.1. The zero-order valence-corrected chi connectivity index (χ0v) is 66.8. The van der Waals surface area contributed by atoms with Crippen LogP contribution >= 0.6 is 7.82 Å². The first kappa shape index (κ1) is 96.2. The van der Waals surface area contributed by atoms with Crippen molar-refractivity contribution in [2.24, 2.45) is 0 Å². The molecule has 9 nitrogen and oxygen atoms in total. The van der Waals surface area contributed by atoms with E-state index in [9.17, 15) is 19.0 Å². The molecule has 576 valence electrons. The highest BCUT2D eigenvalue weighted by atomic mass is 31.2. The van der Waals surface area contributed by atoms with Crippen LogP contribution in [-0.4, -0.2) is 74.9 Å². The van der Waals surface area contributed by atoms with E-state index in [0.29, 0.717) is 17.4 Å². The number of carbonyl (C=O) groups excluding carboxylic acids is 2. The minimum atomic E-state index is -4.40. The van der Waals surface area contributed by atoms with Crippen LogP contribution in [0.4, 0.5) is 0 Å². The third-order valence-electron chi connectivity index (χ3n) is 18.2. The number of allylic oxidation sites excluding steroid dienone is 22. The smallest absolute Gasteiger partial charge is 0.462 e. The summed E-state index contributed by atoms with van der Waals surface area (Å²) in [6.45, 7) is 4.25. The van der Waals surface area contributed by atoms with Gasteiger partial charge in [-0.1, -0.05) is 385 Å². The maximum atomic E-state index is 12.9. The summed E-state index contributed by atoms with van der Waals surface area (Å²) in [6, 6.07) is 0. The van der Waals surface area contributed by atoms with E-state index in [1.165, 1.54) is 231 Å². The molecule has 1 N–H and O–H groups in total. The van der Waals surface area contributed by atoms with Crippen molar-refractivity contribution in [3.05, 3.63) is 134 Å². The number of likely N-dealkylation sites (N-methyl/N-ethyl adjacent to an activating group) is 1. The Morgan fingerprint density at radius 3 is 0.800 bits per heavy atom. The Bertz CT molecular complexity index is 2160. The molecule has 0 aliphatic carbocycles. The maximum Gasteiger partial charge on any atom is 0.472 e. The average molecular weight is 1410 g/mol. The second kappa shape index (κ2) is 79.3. The first-order valence-electron chi connectivity index (χ1n) is 41.9. The van der Waals surface area contributed by atoms with E-state index in [4.69, 9.17) is 18.5 Å². The van der Waals surface area contributed by atoms with Gasteiger partial charge in [-0.05, 0) is 109 Å². The Balaban J connectivity index is 3.92. The van der Waals surface area contributed by atoms with E-state index in [-0.39, 0.29) is 32.0 Å². The number of phosphoric acid groups is 1. The number of hydrogen-bond acceptors (Lipinski definition) is 7. The average Bonchev–Trinajstić information content (AvgIpc) is 1.65. The highest BCUT2D eigenvalue weighted by Gasteiger charge is 2.27. The molecule has 100 heavy (non-hydrogen) atoms. The summed E-state index contributed by atoms with van der Waals surface area (Å²) in [5, 5.41) is 0. The molecule has 0 rings (SSSR count). The van der Waals surface area contributed by atoms with Gasteiger partial charge >= 0.3 is 19.8 Å². The van der Waals surface area contributed by atoms with E-state index in [0.717, 1.165) is 109 Å². The van der Waals surface area contributed by atoms with Crippen LogP contribution in [0, 0.1) is 0 Å². The van der Waals surface area contributed by atoms with Gasteiger partial charge in [0.2, 0.25) is 0 Å². The Labute approximate surface area is 619 Å². The molecule has 0 radical (unpaired) electrons. The van der Waals surface area contributed by atoms with Crippen molar-refractivity contribution >= 4 is 19.8 Å². The van der Waals surface area contributed by atoms with Crippen molar-refractivity contribution in [1.82, 2.24) is 0 Å². The number of ether oxygens (including phenoxy) is 2. The largest absolute Gasteiger partial charge is 0.472 e. The summed E-state index contributed by atoms with van der Waals surface area (Å²) in [7, 11) is 1.48. The van der Waals surface area contributed by atoms with Crippen LogP contribution in [0.5, 0.6) is 0 Å². The zero-order chi connectivity index (χ0) is 72.5. The highest BCUT2D eigenvalue weighted by Crippen LogP contribution is 2.43. The Hall–Kier alpha value is -3.85. The van der Waals surface area contributed by atoms with Gasteiger partial charge in [0.1, 0.15) is 19.8 Å². The topological polar surface area (TPSA) is 108 Å². The number of quaternary nitrogens is 1. The molecule has 10 heteroatoms. The lowest BCUT2D eigenvalue weighted by Crippen LogP contribution is -2.37. The Morgan fingerprint density at radius 1 is 0.310 bits per heavy atom. The number of unbranched alkanes of at least 4 members (excludes halogenated alkanes) is 41. The number of nitrogens with zero attached hydrogens (tertiary/aromatic N) is 1. The van der Waals surface area contributed by atoms with Crippen molar-refractivity contribution in [2.75, 3.05) is 47.5 Å². The molecule has 2 unspecified atom stereocenters. The van der Waals surface area contributed by atoms with Crippen molar-refractivity contribution in [3.8, 4) is 0 Å². The normalized spacial score (nSPS) is 13.7. The lowest BCUT2D eigenvalue weighted by atomic mass is 10.0. The van der Waals surface area contributed by atoms with Crippen LogP contribution in [0.2, 0.25) is 0 Å². The van der Waals surface area contributed by atoms with Crippen LogP contribution in [0.3, 0.4) is 0 Å². The molecular weight excluding hydrogens is 1250 g/mol. The minimum Gasteiger partial charge on any atom is -0.462 e. The van der Waals surface area contributed by atoms with Gasteiger partial charge in [-0.15, -0.1) is 0 Å². The van der Waals surface area contributed by atoms with Crippen LogP contribution < -0.4 is 0 Å². The van der Waals surface area contributed by atoms with Crippen LogP contribution in [0.25, 0.3) is 0 Å². The quantitative estimate of drug-likeness (QED) is 0.0211. The first-order valence-corrected chi connectivity index (χ1v) is 43.4. The standard InChI is InChI=1S/C90H158NO8P/c1-6-8-10-12-14-16-18-20-22-24-26-28-30-32-34-36-38-40-42-43-44-45-46-47-49-50-52-54-56-58-60-62-64-66-68-70-72-74-76-78-80-82-89(92)96-86-88(87-98-100(94,95)97-85-84-91(3,4)5)99-90(93)83-81-79-77-75-73-71-69-67-65-63-61-59-57-55-53-51-48-41-39-37-35-33-31-29-27-25-23-21-19-17-15-13-11-9-7-2/h8-11,14-17,20-23,26-29,33,35,39,41,51,53,88H,6-7,12-13,18-19,24-25,30-32,34,36-38,40,42-50,52,54-87H2,1-5H3/p+1/b10-8-,11-9-,16-14-,17-15-,22-20-,23-21-,28-26-,29-27-,35-33-,41-39-,53-51-. The van der Waals surface area contributed by atoms with Crippen molar-refractivity contribution in [2.45, 2.75) is 380 Å². The second-order valence-corrected chi connectivity index (χ2v) is 30.6. The van der Waals surface area contributed by atoms with Gasteiger partial charge in [-0.3, -0.25) is 18.6 Å². The maximum absolute atomic E-state index is 12.9. The molecule has 0 amide bonds. The SMILES string of the molecule is CC/C=C\C/C=C\C/C=C\C/C=C\C/C=C\C/C=C\C/C=C\CCCCCCCCCCCCCCCC(=O)OC(COC(=O)CCCCCCCCCCCCCCCCCCCCCCCCCCCCCC/C=C\C/C=C\C/C=C\C/C=C\CC)COP(=O)(O)OCC[N+](C)(C)C. The number of phosphoric ester groups is 1. The summed E-state index contributed by atoms with van der Waals surface area (Å²) in [6.07, 6.45) is 116.